The lowest BCUT2D eigenvalue weighted by molar-refractivity contribution is -0.138. The van der Waals surface area contributed by atoms with Crippen LogP contribution in [-0.2, 0) is 22.6 Å². The molecule has 0 heterocycles. The Kier molecular flexibility index (Phi) is 8.16. The van der Waals surface area contributed by atoms with Crippen molar-refractivity contribution in [2.75, 3.05) is 13.7 Å². The number of carbonyl (C=O) groups excluding carboxylic acids is 1. The first-order chi connectivity index (χ1) is 13.1. The van der Waals surface area contributed by atoms with Crippen LogP contribution in [0.15, 0.2) is 48.5 Å². The van der Waals surface area contributed by atoms with E-state index in [0.717, 1.165) is 18.4 Å². The van der Waals surface area contributed by atoms with Crippen molar-refractivity contribution in [3.8, 4) is 11.5 Å². The Morgan fingerprint density at radius 1 is 1.07 bits per heavy atom. The zero-order chi connectivity index (χ0) is 19.5. The van der Waals surface area contributed by atoms with Gasteiger partial charge in [-0.05, 0) is 30.5 Å². The third-order valence-electron chi connectivity index (χ3n) is 4.03. The van der Waals surface area contributed by atoms with Gasteiger partial charge in [-0.1, -0.05) is 30.3 Å². The number of benzene rings is 2. The minimum absolute atomic E-state index is 0.0429. The second-order valence-corrected chi connectivity index (χ2v) is 6.08. The number of ether oxygens (including phenoxy) is 2. The number of nitrogens with one attached hydrogen (secondary N) is 1. The van der Waals surface area contributed by atoms with E-state index in [4.69, 9.17) is 14.6 Å². The molecule has 0 radical (unpaired) electrons. The molecule has 2 aromatic carbocycles. The van der Waals surface area contributed by atoms with Gasteiger partial charge in [0.15, 0.2) is 0 Å². The molecule has 0 saturated heterocycles. The van der Waals surface area contributed by atoms with Crippen LogP contribution in [0, 0.1) is 0 Å². The molecular weight excluding hydrogens is 346 g/mol. The van der Waals surface area contributed by atoms with E-state index in [9.17, 15) is 9.59 Å². The second kappa shape index (κ2) is 10.9. The summed E-state index contributed by atoms with van der Waals surface area (Å²) in [6, 6.07) is 15.6. The molecule has 0 saturated carbocycles. The summed E-state index contributed by atoms with van der Waals surface area (Å²) in [5.74, 6) is 0.0373. The van der Waals surface area contributed by atoms with E-state index in [2.05, 4.69) is 17.4 Å². The molecule has 0 atom stereocenters. The molecule has 0 aliphatic heterocycles. The zero-order valence-electron chi connectivity index (χ0n) is 15.4. The second-order valence-electron chi connectivity index (χ2n) is 6.08. The number of aryl methyl sites for hydroxylation is 1. The van der Waals surface area contributed by atoms with E-state index in [-0.39, 0.29) is 25.3 Å². The van der Waals surface area contributed by atoms with Crippen LogP contribution >= 0.6 is 0 Å². The van der Waals surface area contributed by atoms with Crippen LogP contribution in [0.4, 0.5) is 0 Å². The third-order valence-corrected chi connectivity index (χ3v) is 4.03. The average molecular weight is 371 g/mol. The topological polar surface area (TPSA) is 84.9 Å². The van der Waals surface area contributed by atoms with E-state index in [0.29, 0.717) is 18.1 Å². The maximum absolute atomic E-state index is 11.7. The Bertz CT molecular complexity index is 745. The van der Waals surface area contributed by atoms with E-state index in [1.54, 1.807) is 19.2 Å². The summed E-state index contributed by atoms with van der Waals surface area (Å²) >= 11 is 0. The lowest BCUT2D eigenvalue weighted by Crippen LogP contribution is -2.23. The first-order valence-corrected chi connectivity index (χ1v) is 8.90. The number of methoxy groups -OCH3 is 1. The van der Waals surface area contributed by atoms with Gasteiger partial charge in [-0.3, -0.25) is 9.59 Å². The summed E-state index contributed by atoms with van der Waals surface area (Å²) in [7, 11) is 1.59. The highest BCUT2D eigenvalue weighted by Gasteiger charge is 2.09. The number of carboxylic acid groups (broad SMARTS) is 1. The SMILES string of the molecule is COc1ccc(CNC(=O)CCC(=O)O)c(OCCCc2ccccc2)c1. The zero-order valence-corrected chi connectivity index (χ0v) is 15.4. The van der Waals surface area contributed by atoms with Gasteiger partial charge in [0, 0.05) is 24.6 Å². The van der Waals surface area contributed by atoms with Gasteiger partial charge in [0.05, 0.1) is 20.1 Å². The van der Waals surface area contributed by atoms with Crippen molar-refractivity contribution in [2.45, 2.75) is 32.2 Å². The van der Waals surface area contributed by atoms with Gasteiger partial charge < -0.3 is 19.9 Å². The van der Waals surface area contributed by atoms with Gasteiger partial charge in [-0.15, -0.1) is 0 Å². The standard InChI is InChI=1S/C21H25NO5/c1-26-18-10-9-17(15-22-20(23)11-12-21(24)25)19(14-18)27-13-5-8-16-6-3-2-4-7-16/h2-4,6-7,9-10,14H,5,8,11-13,15H2,1H3,(H,22,23)(H,24,25). The largest absolute Gasteiger partial charge is 0.497 e. The van der Waals surface area contributed by atoms with Gasteiger partial charge in [-0.2, -0.15) is 0 Å². The lowest BCUT2D eigenvalue weighted by Gasteiger charge is -2.14. The third kappa shape index (κ3) is 7.40. The van der Waals surface area contributed by atoms with Crippen LogP contribution in [0.25, 0.3) is 0 Å². The Morgan fingerprint density at radius 2 is 1.85 bits per heavy atom. The first-order valence-electron chi connectivity index (χ1n) is 8.90. The number of aliphatic carboxylic acids is 1. The highest BCUT2D eigenvalue weighted by Crippen LogP contribution is 2.25. The summed E-state index contributed by atoms with van der Waals surface area (Å²) in [4.78, 5) is 22.3. The van der Waals surface area contributed by atoms with Gasteiger partial charge in [0.2, 0.25) is 5.91 Å². The van der Waals surface area contributed by atoms with Crippen molar-refractivity contribution in [1.82, 2.24) is 5.32 Å². The summed E-state index contributed by atoms with van der Waals surface area (Å²) in [6.07, 6.45) is 1.56. The first kappa shape index (κ1) is 20.3. The van der Waals surface area contributed by atoms with Gasteiger partial charge in [0.25, 0.3) is 0 Å². The highest BCUT2D eigenvalue weighted by molar-refractivity contribution is 5.80. The quantitative estimate of drug-likeness (QED) is 0.593. The van der Waals surface area contributed by atoms with E-state index < -0.39 is 5.97 Å². The maximum atomic E-state index is 11.7. The molecule has 0 spiro atoms. The normalized spacial score (nSPS) is 10.3. The Morgan fingerprint density at radius 3 is 2.56 bits per heavy atom. The molecule has 27 heavy (non-hydrogen) atoms. The molecule has 0 fully saturated rings. The molecule has 144 valence electrons. The predicted molar refractivity (Wildman–Crippen MR) is 102 cm³/mol. The van der Waals surface area contributed by atoms with Crippen molar-refractivity contribution in [3.05, 3.63) is 59.7 Å². The summed E-state index contributed by atoms with van der Waals surface area (Å²) in [5, 5.41) is 11.4. The fourth-order valence-electron chi connectivity index (χ4n) is 2.55. The van der Waals surface area contributed by atoms with Crippen LogP contribution in [0.5, 0.6) is 11.5 Å². The Labute approximate surface area is 159 Å². The summed E-state index contributed by atoms with van der Waals surface area (Å²) in [5.41, 5.74) is 2.08. The fraction of sp³-hybridized carbons (Fsp3) is 0.333. The van der Waals surface area contributed by atoms with Crippen LogP contribution in [0.2, 0.25) is 0 Å². The monoisotopic (exact) mass is 371 g/mol. The van der Waals surface area contributed by atoms with E-state index in [1.165, 1.54) is 5.56 Å². The van der Waals surface area contributed by atoms with Gasteiger partial charge in [-0.25, -0.2) is 0 Å². The van der Waals surface area contributed by atoms with Crippen molar-refractivity contribution < 1.29 is 24.2 Å². The van der Waals surface area contributed by atoms with Crippen molar-refractivity contribution in [2.24, 2.45) is 0 Å². The molecule has 2 aromatic rings. The summed E-state index contributed by atoms with van der Waals surface area (Å²) in [6.45, 7) is 0.818. The molecular formula is C21H25NO5. The fourth-order valence-corrected chi connectivity index (χ4v) is 2.55. The smallest absolute Gasteiger partial charge is 0.303 e. The molecule has 2 N–H and O–H groups in total. The number of rotatable bonds is 11. The van der Waals surface area contributed by atoms with Gasteiger partial charge >= 0.3 is 5.97 Å². The number of carboxylic acids is 1. The van der Waals surface area contributed by atoms with Crippen LogP contribution in [0.1, 0.15) is 30.4 Å². The number of hydrogen-bond donors (Lipinski definition) is 2. The van der Waals surface area contributed by atoms with E-state index >= 15 is 0 Å². The minimum Gasteiger partial charge on any atom is -0.497 e. The van der Waals surface area contributed by atoms with Crippen LogP contribution in [0.3, 0.4) is 0 Å². The lowest BCUT2D eigenvalue weighted by atomic mass is 10.1. The average Bonchev–Trinajstić information content (AvgIpc) is 2.69. The molecule has 1 amide bonds. The molecule has 0 unspecified atom stereocenters. The van der Waals surface area contributed by atoms with Crippen molar-refractivity contribution >= 4 is 11.9 Å². The molecule has 0 aliphatic carbocycles. The molecule has 0 aromatic heterocycles. The maximum Gasteiger partial charge on any atom is 0.303 e. The van der Waals surface area contributed by atoms with E-state index in [1.807, 2.05) is 24.3 Å². The van der Waals surface area contributed by atoms with Crippen LogP contribution < -0.4 is 14.8 Å². The number of amides is 1. The predicted octanol–water partition coefficient (Wildman–Crippen LogP) is 3.19. The van der Waals surface area contributed by atoms with Crippen LogP contribution in [-0.4, -0.2) is 30.7 Å². The van der Waals surface area contributed by atoms with Crippen molar-refractivity contribution in [1.29, 1.82) is 0 Å². The molecule has 6 heteroatoms. The number of hydrogen-bond acceptors (Lipinski definition) is 4. The Balaban J connectivity index is 1.88. The van der Waals surface area contributed by atoms with Crippen molar-refractivity contribution in [3.63, 3.8) is 0 Å². The molecule has 0 bridgehead atoms. The minimum atomic E-state index is -0.989. The molecule has 6 nitrogen and oxygen atoms in total. The molecule has 2 rings (SSSR count). The summed E-state index contributed by atoms with van der Waals surface area (Å²) < 4.78 is 11.1. The number of carbonyl (C=O) groups is 2. The van der Waals surface area contributed by atoms with Gasteiger partial charge in [0.1, 0.15) is 11.5 Å². The molecule has 0 aliphatic rings. The Hall–Kier alpha value is -3.02. The highest BCUT2D eigenvalue weighted by atomic mass is 16.5.